The van der Waals surface area contributed by atoms with Gasteiger partial charge in [0.2, 0.25) is 0 Å². The van der Waals surface area contributed by atoms with Crippen molar-refractivity contribution in [3.8, 4) is 11.1 Å². The van der Waals surface area contributed by atoms with Crippen LogP contribution in [0, 0.1) is 20.4 Å². The molecule has 9 heteroatoms. The molecule has 1 N–H and O–H groups in total. The Bertz CT molecular complexity index is 862. The summed E-state index contributed by atoms with van der Waals surface area (Å²) in [6, 6.07) is 7.41. The molecule has 0 amide bonds. The van der Waals surface area contributed by atoms with Crippen LogP contribution < -0.4 is 5.32 Å². The van der Waals surface area contributed by atoms with E-state index in [-0.39, 0.29) is 50.8 Å². The largest absolute Gasteiger partial charge is 0.511 e. The van der Waals surface area contributed by atoms with Gasteiger partial charge in [0.15, 0.2) is 0 Å². The van der Waals surface area contributed by atoms with Gasteiger partial charge in [0.1, 0.15) is 12.1 Å². The Morgan fingerprint density at radius 2 is 1.64 bits per heavy atom. The second-order valence-corrected chi connectivity index (χ2v) is 5.04. The number of rotatable bonds is 3. The second-order valence-electron chi connectivity index (χ2n) is 5.04. The molecule has 2 aromatic heterocycles. The third-order valence-electron chi connectivity index (χ3n) is 3.39. The standard InChI is InChI=1S/C15H13F3N5.2C2H6.Y/c1-9-5-3-4-6-11(9)12-10(2)22-14-20-8-21-23(14)13(12)19-7-15(16,17)18;2*1-2;/h3-8,19H,1-2H3;2*1-2H3;/q-1;;;. The summed E-state index contributed by atoms with van der Waals surface area (Å²) in [5.74, 6) is 0.412. The van der Waals surface area contributed by atoms with Gasteiger partial charge in [0.05, 0.1) is 5.69 Å². The third kappa shape index (κ3) is 6.52. The minimum Gasteiger partial charge on any atom is -0.511 e. The van der Waals surface area contributed by atoms with Gasteiger partial charge in [-0.05, 0) is 25.0 Å². The van der Waals surface area contributed by atoms with Crippen molar-refractivity contribution in [2.45, 2.75) is 47.7 Å². The van der Waals surface area contributed by atoms with Crippen LogP contribution in [0.5, 0.6) is 0 Å². The van der Waals surface area contributed by atoms with E-state index in [4.69, 9.17) is 0 Å². The zero-order chi connectivity index (χ0) is 20.6. The van der Waals surface area contributed by atoms with Gasteiger partial charge >= 0.3 is 0 Å². The number of benzene rings is 1. The molecule has 0 aliphatic heterocycles. The number of hydrogen-bond donors (Lipinski definition) is 1. The molecule has 0 atom stereocenters. The molecule has 28 heavy (non-hydrogen) atoms. The Morgan fingerprint density at radius 3 is 2.21 bits per heavy atom. The second kappa shape index (κ2) is 12.1. The molecule has 0 aliphatic carbocycles. The van der Waals surface area contributed by atoms with E-state index < -0.39 is 6.18 Å². The maximum absolute atomic E-state index is 12.6. The number of anilines is 1. The first-order valence-electron chi connectivity index (χ1n) is 8.81. The third-order valence-corrected chi connectivity index (χ3v) is 3.39. The maximum atomic E-state index is 12.6. The quantitative estimate of drug-likeness (QED) is 0.508. The van der Waals surface area contributed by atoms with Crippen molar-refractivity contribution in [1.82, 2.24) is 19.6 Å². The molecule has 0 aliphatic rings. The molecule has 151 valence electrons. The van der Waals surface area contributed by atoms with Crippen molar-refractivity contribution >= 4 is 11.6 Å². The zero-order valence-corrected chi connectivity index (χ0v) is 19.8. The first-order chi connectivity index (χ1) is 12.9. The van der Waals surface area contributed by atoms with E-state index in [0.717, 1.165) is 11.1 Å². The van der Waals surface area contributed by atoms with Crippen LogP contribution in [-0.4, -0.2) is 25.8 Å². The normalized spacial score (nSPS) is 10.2. The van der Waals surface area contributed by atoms with Crippen LogP contribution in [0.4, 0.5) is 19.0 Å². The zero-order valence-electron chi connectivity index (χ0n) is 17.0. The van der Waals surface area contributed by atoms with Gasteiger partial charge in [-0.3, -0.25) is 0 Å². The van der Waals surface area contributed by atoms with Crippen molar-refractivity contribution in [3.63, 3.8) is 0 Å². The van der Waals surface area contributed by atoms with Gasteiger partial charge in [-0.25, -0.2) is 18.2 Å². The average Bonchev–Trinajstić information content (AvgIpc) is 3.11. The van der Waals surface area contributed by atoms with Gasteiger partial charge in [0.25, 0.3) is 12.0 Å². The molecule has 0 fully saturated rings. The number of nitrogens with zero attached hydrogens (tertiary/aromatic N) is 4. The van der Waals surface area contributed by atoms with E-state index in [1.165, 1.54) is 10.8 Å². The summed E-state index contributed by atoms with van der Waals surface area (Å²) >= 11 is 0. The van der Waals surface area contributed by atoms with Gasteiger partial charge in [-0.1, -0.05) is 52.0 Å². The molecule has 0 spiro atoms. The summed E-state index contributed by atoms with van der Waals surface area (Å²) in [5.41, 5.74) is 2.83. The monoisotopic (exact) mass is 469 g/mol. The van der Waals surface area contributed by atoms with E-state index in [0.29, 0.717) is 11.3 Å². The first-order valence-corrected chi connectivity index (χ1v) is 8.81. The maximum Gasteiger partial charge on any atom is 0.286 e. The van der Waals surface area contributed by atoms with Gasteiger partial charge in [-0.15, -0.1) is 6.54 Å². The Labute approximate surface area is 189 Å². The molecule has 0 unspecified atom stereocenters. The minimum absolute atomic E-state index is 0. The Kier molecular flexibility index (Phi) is 11.5. The summed E-state index contributed by atoms with van der Waals surface area (Å²) < 4.78 is 39.1. The summed E-state index contributed by atoms with van der Waals surface area (Å²) in [6.07, 6.45) is -3.21. The van der Waals surface area contributed by atoms with Crippen LogP contribution >= 0.6 is 0 Å². The minimum atomic E-state index is -4.47. The molecule has 3 aromatic rings. The molecule has 0 saturated heterocycles. The van der Waals surface area contributed by atoms with Crippen LogP contribution in [-0.2, 0) is 32.7 Å². The number of aromatic nitrogens is 4. The van der Waals surface area contributed by atoms with E-state index in [2.05, 4.69) is 20.4 Å². The summed E-state index contributed by atoms with van der Waals surface area (Å²) in [4.78, 5) is 8.26. The molecule has 3 rings (SSSR count). The molecule has 5 nitrogen and oxygen atoms in total. The fourth-order valence-corrected chi connectivity index (χ4v) is 2.41. The van der Waals surface area contributed by atoms with E-state index >= 15 is 0 Å². The summed E-state index contributed by atoms with van der Waals surface area (Å²) in [5, 5.41) is 6.29. The Balaban J connectivity index is 0.00000137. The van der Waals surface area contributed by atoms with Gasteiger partial charge < -0.3 is 5.32 Å². The molecule has 1 radical (unpaired) electrons. The van der Waals surface area contributed by atoms with Crippen molar-refractivity contribution in [2.24, 2.45) is 0 Å². The molecule has 2 heterocycles. The number of nitrogens with one attached hydrogen (secondary N) is 1. The summed E-state index contributed by atoms with van der Waals surface area (Å²) in [7, 11) is 0. The number of aryl methyl sites for hydroxylation is 2. The Hall–Kier alpha value is -1.54. The fourth-order valence-electron chi connectivity index (χ4n) is 2.41. The topological polar surface area (TPSA) is 55.1 Å². The van der Waals surface area contributed by atoms with Crippen molar-refractivity contribution in [2.75, 3.05) is 5.32 Å². The van der Waals surface area contributed by atoms with E-state index in [1.54, 1.807) is 6.92 Å². The smallest absolute Gasteiger partial charge is 0.286 e. The molecule has 1 aromatic carbocycles. The summed E-state index contributed by atoms with van der Waals surface area (Å²) in [6.45, 7) is 11.7. The Morgan fingerprint density at radius 1 is 1.04 bits per heavy atom. The van der Waals surface area contributed by atoms with Gasteiger partial charge in [-0.2, -0.15) is 14.6 Å². The molecule has 0 bridgehead atoms. The SMILES string of the molecule is CC.CC.Cc1ccccc1-c1c(C)nc2ncnn2c1N[CH-]C(F)(F)F.[Y]. The number of hydrogen-bond acceptors (Lipinski definition) is 4. The van der Waals surface area contributed by atoms with Crippen molar-refractivity contribution < 1.29 is 45.9 Å². The first kappa shape index (κ1) is 26.5. The predicted molar refractivity (Wildman–Crippen MR) is 102 cm³/mol. The number of alkyl halides is 3. The van der Waals surface area contributed by atoms with Crippen molar-refractivity contribution in [3.05, 3.63) is 48.4 Å². The van der Waals surface area contributed by atoms with Crippen LogP contribution in [0.15, 0.2) is 30.6 Å². The van der Waals surface area contributed by atoms with E-state index in [1.807, 2.05) is 58.9 Å². The van der Waals surface area contributed by atoms with Crippen LogP contribution in [0.2, 0.25) is 0 Å². The predicted octanol–water partition coefficient (Wildman–Crippen LogP) is 5.59. The molecular weight excluding hydrogens is 444 g/mol. The van der Waals surface area contributed by atoms with Crippen LogP contribution in [0.25, 0.3) is 16.9 Å². The van der Waals surface area contributed by atoms with Crippen LogP contribution in [0.1, 0.15) is 39.0 Å². The molecular formula is C19H25F3N5Y-. The van der Waals surface area contributed by atoms with Crippen molar-refractivity contribution in [1.29, 1.82) is 0 Å². The number of fused-ring (bicyclic) bond motifs is 1. The molecule has 0 saturated carbocycles. The van der Waals surface area contributed by atoms with E-state index in [9.17, 15) is 13.2 Å². The van der Waals surface area contributed by atoms with Gasteiger partial charge in [0, 0.05) is 38.3 Å². The fraction of sp³-hybridized carbons (Fsp3) is 0.368. The number of halogens is 3. The average molecular weight is 469 g/mol. The van der Waals surface area contributed by atoms with Crippen LogP contribution in [0.3, 0.4) is 0 Å².